The lowest BCUT2D eigenvalue weighted by Crippen LogP contribution is -2.52. The summed E-state index contributed by atoms with van der Waals surface area (Å²) in [7, 11) is 0. The Morgan fingerprint density at radius 1 is 1.00 bits per heavy atom. The molecule has 0 aliphatic carbocycles. The van der Waals surface area contributed by atoms with E-state index in [0.717, 1.165) is 17.4 Å². The number of ether oxygens (including phenoxy) is 1. The van der Waals surface area contributed by atoms with E-state index in [4.69, 9.17) is 4.74 Å². The Hall–Kier alpha value is -2.40. The maximum Gasteiger partial charge on any atom is 0.410 e. The van der Waals surface area contributed by atoms with Gasteiger partial charge in [-0.15, -0.1) is 0 Å². The van der Waals surface area contributed by atoms with Crippen molar-refractivity contribution in [3.05, 3.63) is 48.0 Å². The van der Waals surface area contributed by atoms with E-state index in [-0.39, 0.29) is 17.9 Å². The number of carbonyl (C=O) groups excluding carboxylic acids is 2. The van der Waals surface area contributed by atoms with Crippen molar-refractivity contribution in [1.82, 2.24) is 9.80 Å². The predicted molar refractivity (Wildman–Crippen MR) is 116 cm³/mol. The quantitative estimate of drug-likeness (QED) is 0.728. The van der Waals surface area contributed by atoms with Crippen molar-refractivity contribution in [2.24, 2.45) is 0 Å². The number of piperazine rings is 1. The molecule has 1 fully saturated rings. The lowest BCUT2D eigenvalue weighted by atomic mass is 9.95. The van der Waals surface area contributed by atoms with Crippen molar-refractivity contribution >= 4 is 22.6 Å². The summed E-state index contributed by atoms with van der Waals surface area (Å²) in [6, 6.07) is 14.2. The summed E-state index contributed by atoms with van der Waals surface area (Å²) < 4.78 is 5.49. The van der Waals surface area contributed by atoms with Gasteiger partial charge in [-0.05, 0) is 49.6 Å². The molecule has 0 aromatic heterocycles. The van der Waals surface area contributed by atoms with E-state index < -0.39 is 5.60 Å². The minimum atomic E-state index is -0.501. The lowest BCUT2D eigenvalue weighted by molar-refractivity contribution is -0.125. The summed E-state index contributed by atoms with van der Waals surface area (Å²) in [5.74, 6) is 0.244. The van der Waals surface area contributed by atoms with Crippen LogP contribution in [0, 0.1) is 0 Å². The maximum atomic E-state index is 13.0. The summed E-state index contributed by atoms with van der Waals surface area (Å²) in [4.78, 5) is 29.3. The maximum absolute atomic E-state index is 13.0. The fourth-order valence-corrected chi connectivity index (χ4v) is 3.85. The number of Topliss-reactive ketones (excluding diaryl/α,β-unsaturated/α-hetero) is 1. The van der Waals surface area contributed by atoms with Gasteiger partial charge < -0.3 is 9.64 Å². The van der Waals surface area contributed by atoms with Crippen molar-refractivity contribution in [3.63, 3.8) is 0 Å². The van der Waals surface area contributed by atoms with Crippen LogP contribution in [0.15, 0.2) is 42.5 Å². The monoisotopic (exact) mass is 396 g/mol. The average Bonchev–Trinajstić information content (AvgIpc) is 2.67. The Morgan fingerprint density at radius 3 is 2.28 bits per heavy atom. The summed E-state index contributed by atoms with van der Waals surface area (Å²) in [6.45, 7) is 10.1. The second-order valence-electron chi connectivity index (χ2n) is 8.73. The van der Waals surface area contributed by atoms with Gasteiger partial charge in [0.05, 0.1) is 6.04 Å². The smallest absolute Gasteiger partial charge is 0.410 e. The molecular weight excluding hydrogens is 364 g/mol. The molecule has 0 saturated carbocycles. The largest absolute Gasteiger partial charge is 0.444 e. The van der Waals surface area contributed by atoms with E-state index in [9.17, 15) is 9.59 Å². The Balaban J connectivity index is 1.77. The Morgan fingerprint density at radius 2 is 1.66 bits per heavy atom. The topological polar surface area (TPSA) is 49.9 Å². The van der Waals surface area contributed by atoms with Gasteiger partial charge in [0.25, 0.3) is 0 Å². The molecule has 0 spiro atoms. The van der Waals surface area contributed by atoms with Crippen LogP contribution >= 0.6 is 0 Å². The molecule has 3 rings (SSSR count). The third-order valence-electron chi connectivity index (χ3n) is 5.22. The van der Waals surface area contributed by atoms with Crippen molar-refractivity contribution in [1.29, 1.82) is 0 Å². The first-order chi connectivity index (χ1) is 13.8. The molecule has 29 heavy (non-hydrogen) atoms. The second-order valence-corrected chi connectivity index (χ2v) is 8.73. The molecule has 1 unspecified atom stereocenters. The zero-order valence-electron chi connectivity index (χ0n) is 18.0. The highest BCUT2D eigenvalue weighted by atomic mass is 16.6. The number of hydrogen-bond acceptors (Lipinski definition) is 4. The SMILES string of the molecule is CCCC(=O)C(c1ccc2ccccc2c1)N1CCN(C(=O)OC(C)(C)C)CC1. The van der Waals surface area contributed by atoms with E-state index in [2.05, 4.69) is 35.2 Å². The molecule has 1 aliphatic heterocycles. The van der Waals surface area contributed by atoms with Gasteiger partial charge in [0.2, 0.25) is 0 Å². The number of benzene rings is 2. The second kappa shape index (κ2) is 8.95. The Kier molecular flexibility index (Phi) is 6.58. The Bertz CT molecular complexity index is 864. The highest BCUT2D eigenvalue weighted by molar-refractivity contribution is 5.88. The molecule has 1 aliphatic rings. The van der Waals surface area contributed by atoms with Crippen molar-refractivity contribution < 1.29 is 14.3 Å². The summed E-state index contributed by atoms with van der Waals surface area (Å²) in [6.07, 6.45) is 1.11. The molecule has 2 aromatic rings. The number of carbonyl (C=O) groups is 2. The number of fused-ring (bicyclic) bond motifs is 1. The van der Waals surface area contributed by atoms with Crippen LogP contribution in [-0.4, -0.2) is 53.5 Å². The number of hydrogen-bond donors (Lipinski definition) is 0. The van der Waals surface area contributed by atoms with Gasteiger partial charge in [0, 0.05) is 32.6 Å². The zero-order valence-corrected chi connectivity index (χ0v) is 18.0. The molecule has 1 amide bonds. The van der Waals surface area contributed by atoms with E-state index in [1.165, 1.54) is 5.39 Å². The molecule has 1 heterocycles. The Labute approximate surface area is 173 Å². The van der Waals surface area contributed by atoms with Gasteiger partial charge in [-0.1, -0.05) is 43.3 Å². The third-order valence-corrected chi connectivity index (χ3v) is 5.22. The molecule has 1 saturated heterocycles. The summed E-state index contributed by atoms with van der Waals surface area (Å²) in [5, 5.41) is 2.32. The first-order valence-electron chi connectivity index (χ1n) is 10.5. The van der Waals surface area contributed by atoms with Crippen molar-refractivity contribution in [2.75, 3.05) is 26.2 Å². The molecule has 0 radical (unpaired) electrons. The van der Waals surface area contributed by atoms with Crippen LogP contribution in [0.4, 0.5) is 4.79 Å². The number of ketones is 1. The van der Waals surface area contributed by atoms with Gasteiger partial charge in [-0.25, -0.2) is 4.79 Å². The summed E-state index contributed by atoms with van der Waals surface area (Å²) >= 11 is 0. The van der Waals surface area contributed by atoms with Crippen LogP contribution < -0.4 is 0 Å². The fourth-order valence-electron chi connectivity index (χ4n) is 3.85. The van der Waals surface area contributed by atoms with E-state index in [0.29, 0.717) is 32.6 Å². The number of rotatable bonds is 5. The molecule has 5 nitrogen and oxygen atoms in total. The standard InChI is InChI=1S/C24H32N2O3/c1-5-8-21(27)22(20-12-11-18-9-6-7-10-19(18)17-20)25-13-15-26(16-14-25)23(28)29-24(2,3)4/h6-7,9-12,17,22H,5,8,13-16H2,1-4H3. The minimum Gasteiger partial charge on any atom is -0.444 e. The molecular formula is C24H32N2O3. The molecule has 0 bridgehead atoms. The highest BCUT2D eigenvalue weighted by Gasteiger charge is 2.32. The molecule has 5 heteroatoms. The molecule has 156 valence electrons. The lowest BCUT2D eigenvalue weighted by Gasteiger charge is -2.39. The van der Waals surface area contributed by atoms with Crippen molar-refractivity contribution in [3.8, 4) is 0 Å². The van der Waals surface area contributed by atoms with Crippen LogP contribution in [0.25, 0.3) is 10.8 Å². The van der Waals surface area contributed by atoms with Crippen LogP contribution in [-0.2, 0) is 9.53 Å². The van der Waals surface area contributed by atoms with Crippen LogP contribution in [0.3, 0.4) is 0 Å². The molecule has 0 N–H and O–H groups in total. The van der Waals surface area contributed by atoms with Gasteiger partial charge in [0.1, 0.15) is 5.60 Å². The van der Waals surface area contributed by atoms with Crippen LogP contribution in [0.2, 0.25) is 0 Å². The molecule has 1 atom stereocenters. The minimum absolute atomic E-state index is 0.244. The van der Waals surface area contributed by atoms with Gasteiger partial charge in [-0.2, -0.15) is 0 Å². The average molecular weight is 397 g/mol. The first-order valence-corrected chi connectivity index (χ1v) is 10.5. The first kappa shape index (κ1) is 21.3. The van der Waals surface area contributed by atoms with Crippen LogP contribution in [0.1, 0.15) is 52.1 Å². The zero-order chi connectivity index (χ0) is 21.0. The molecule has 2 aromatic carbocycles. The van der Waals surface area contributed by atoms with Crippen LogP contribution in [0.5, 0.6) is 0 Å². The fraction of sp³-hybridized carbons (Fsp3) is 0.500. The van der Waals surface area contributed by atoms with Gasteiger partial charge in [0.15, 0.2) is 5.78 Å². The normalized spacial score (nSPS) is 16.6. The number of nitrogens with zero attached hydrogens (tertiary/aromatic N) is 2. The van der Waals surface area contributed by atoms with E-state index in [1.54, 1.807) is 4.90 Å². The van der Waals surface area contributed by atoms with Crippen molar-refractivity contribution in [2.45, 2.75) is 52.2 Å². The predicted octanol–water partition coefficient (Wildman–Crippen LogP) is 4.80. The van der Waals surface area contributed by atoms with E-state index in [1.807, 2.05) is 39.8 Å². The van der Waals surface area contributed by atoms with E-state index >= 15 is 0 Å². The highest BCUT2D eigenvalue weighted by Crippen LogP contribution is 2.28. The van der Waals surface area contributed by atoms with Gasteiger partial charge >= 0.3 is 6.09 Å². The van der Waals surface area contributed by atoms with Gasteiger partial charge in [-0.3, -0.25) is 9.69 Å². The third kappa shape index (κ3) is 5.36. The summed E-state index contributed by atoms with van der Waals surface area (Å²) in [5.41, 5.74) is 0.534. The number of amides is 1.